The molecule has 8 heteroatoms. The van der Waals surface area contributed by atoms with Crippen LogP contribution in [0, 0.1) is 27.2 Å². The molecule has 0 aliphatic heterocycles. The minimum atomic E-state index is -0.673. The summed E-state index contributed by atoms with van der Waals surface area (Å²) < 4.78 is 0. The van der Waals surface area contributed by atoms with Crippen molar-refractivity contribution in [2.45, 2.75) is 13.3 Å². The maximum absolute atomic E-state index is 11.1. The molecule has 0 bridgehead atoms. The Balaban J connectivity index is 1.88. The summed E-state index contributed by atoms with van der Waals surface area (Å²) in [7, 11) is 0. The number of non-ortho nitro benzene ring substituents is 1. The molecule has 1 aliphatic rings. The first-order valence-electron chi connectivity index (χ1n) is 6.81. The molecule has 2 aromatic carbocycles. The molecule has 0 amide bonds. The van der Waals surface area contributed by atoms with Crippen molar-refractivity contribution in [2.75, 3.05) is 5.43 Å². The van der Waals surface area contributed by atoms with E-state index in [-0.39, 0.29) is 17.1 Å². The van der Waals surface area contributed by atoms with Crippen molar-refractivity contribution in [1.82, 2.24) is 0 Å². The molecule has 1 N–H and O–H groups in total. The number of aryl methyl sites for hydroxylation is 1. The van der Waals surface area contributed by atoms with E-state index >= 15 is 0 Å². The van der Waals surface area contributed by atoms with Gasteiger partial charge in [-0.15, -0.1) is 0 Å². The van der Waals surface area contributed by atoms with E-state index in [0.717, 1.165) is 17.3 Å². The summed E-state index contributed by atoms with van der Waals surface area (Å²) in [6.45, 7) is 2.02. The van der Waals surface area contributed by atoms with Crippen LogP contribution in [0.3, 0.4) is 0 Å². The Morgan fingerprint density at radius 2 is 1.91 bits per heavy atom. The third-order valence-electron chi connectivity index (χ3n) is 3.77. The largest absolute Gasteiger partial charge is 0.301 e. The van der Waals surface area contributed by atoms with Crippen LogP contribution >= 0.6 is 0 Å². The Hall–Kier alpha value is -3.29. The van der Waals surface area contributed by atoms with E-state index < -0.39 is 9.85 Å². The minimum Gasteiger partial charge on any atom is -0.271 e. The van der Waals surface area contributed by atoms with Crippen LogP contribution in [-0.2, 0) is 6.42 Å². The number of fused-ring (bicyclic) bond motifs is 1. The smallest absolute Gasteiger partial charge is 0.271 e. The van der Waals surface area contributed by atoms with Gasteiger partial charge in [-0.1, -0.05) is 18.2 Å². The quantitative estimate of drug-likeness (QED) is 0.688. The van der Waals surface area contributed by atoms with E-state index in [2.05, 4.69) is 10.5 Å². The summed E-state index contributed by atoms with van der Waals surface area (Å²) >= 11 is 0. The monoisotopic (exact) mass is 312 g/mol. The molecular formula is C15H12N4O4. The highest BCUT2D eigenvalue weighted by Gasteiger charge is 2.24. The van der Waals surface area contributed by atoms with Crippen LogP contribution in [0.4, 0.5) is 17.1 Å². The van der Waals surface area contributed by atoms with Crippen LogP contribution in [0.25, 0.3) is 0 Å². The summed E-state index contributed by atoms with van der Waals surface area (Å²) in [4.78, 5) is 20.4. The second kappa shape index (κ2) is 5.48. The molecule has 0 heterocycles. The highest BCUT2D eigenvalue weighted by Crippen LogP contribution is 2.30. The van der Waals surface area contributed by atoms with E-state index in [0.29, 0.717) is 6.42 Å². The Morgan fingerprint density at radius 3 is 2.61 bits per heavy atom. The first kappa shape index (κ1) is 14.6. The number of benzene rings is 2. The average Bonchev–Trinajstić information content (AvgIpc) is 2.49. The minimum absolute atomic E-state index is 0.120. The van der Waals surface area contributed by atoms with Gasteiger partial charge in [0.15, 0.2) is 0 Å². The molecule has 8 nitrogen and oxygen atoms in total. The van der Waals surface area contributed by atoms with Gasteiger partial charge in [0, 0.05) is 18.1 Å². The van der Waals surface area contributed by atoms with E-state index in [9.17, 15) is 20.2 Å². The van der Waals surface area contributed by atoms with Crippen molar-refractivity contribution in [3.63, 3.8) is 0 Å². The number of nitrogens with one attached hydrogen (secondary N) is 1. The number of hydrogen-bond donors (Lipinski definition) is 1. The zero-order valence-electron chi connectivity index (χ0n) is 12.1. The molecule has 0 saturated carbocycles. The lowest BCUT2D eigenvalue weighted by Gasteiger charge is -2.23. The molecule has 0 fully saturated rings. The van der Waals surface area contributed by atoms with Crippen molar-refractivity contribution in [2.24, 2.45) is 5.10 Å². The van der Waals surface area contributed by atoms with Gasteiger partial charge in [0.2, 0.25) is 0 Å². The number of rotatable bonds is 4. The first-order chi connectivity index (χ1) is 11.0. The van der Waals surface area contributed by atoms with Crippen molar-refractivity contribution >= 4 is 22.8 Å². The lowest BCUT2D eigenvalue weighted by Crippen LogP contribution is -2.22. The number of hydrazone groups is 1. The highest BCUT2D eigenvalue weighted by atomic mass is 16.6. The maximum Gasteiger partial charge on any atom is 0.301 e. The summed E-state index contributed by atoms with van der Waals surface area (Å²) in [5.74, 6) is 0. The average molecular weight is 312 g/mol. The van der Waals surface area contributed by atoms with Crippen LogP contribution in [0.1, 0.15) is 16.7 Å². The number of hydrogen-bond acceptors (Lipinski definition) is 6. The van der Waals surface area contributed by atoms with E-state index in [4.69, 9.17) is 0 Å². The molecule has 1 aliphatic carbocycles. The summed E-state index contributed by atoms with van der Waals surface area (Å²) in [6.07, 6.45) is 0.690. The Kier molecular flexibility index (Phi) is 3.49. The molecule has 0 spiro atoms. The number of nitrogens with zero attached hydrogens (tertiary/aromatic N) is 3. The highest BCUT2D eigenvalue weighted by molar-refractivity contribution is 6.11. The van der Waals surface area contributed by atoms with Crippen molar-refractivity contribution in [3.8, 4) is 0 Å². The third-order valence-corrected chi connectivity index (χ3v) is 3.77. The van der Waals surface area contributed by atoms with Crippen LogP contribution < -0.4 is 5.43 Å². The third kappa shape index (κ3) is 2.61. The zero-order chi connectivity index (χ0) is 16.6. The fourth-order valence-electron chi connectivity index (χ4n) is 2.47. The number of nitro groups is 2. The van der Waals surface area contributed by atoms with Crippen LogP contribution in [0.5, 0.6) is 0 Å². The first-order valence-corrected chi connectivity index (χ1v) is 6.81. The number of anilines is 1. The second-order valence-corrected chi connectivity index (χ2v) is 5.16. The molecular weight excluding hydrogens is 300 g/mol. The predicted octanol–water partition coefficient (Wildman–Crippen LogP) is 3.18. The predicted molar refractivity (Wildman–Crippen MR) is 84.8 cm³/mol. The molecule has 0 radical (unpaired) electrons. The van der Waals surface area contributed by atoms with Gasteiger partial charge in [-0.2, -0.15) is 5.10 Å². The fourth-order valence-corrected chi connectivity index (χ4v) is 2.47. The SMILES string of the molecule is Cc1cccc2c1CC2=NNc1ccc([N+](=O)[O-])cc1[N+](=O)[O-]. The fraction of sp³-hybridized carbons (Fsp3) is 0.133. The normalized spacial score (nSPS) is 14.0. The Labute approximate surface area is 130 Å². The van der Waals surface area contributed by atoms with Crippen LogP contribution in [0.2, 0.25) is 0 Å². The molecule has 2 aromatic rings. The molecule has 23 heavy (non-hydrogen) atoms. The van der Waals surface area contributed by atoms with E-state index in [1.165, 1.54) is 23.3 Å². The molecule has 0 atom stereocenters. The summed E-state index contributed by atoms with van der Waals surface area (Å²) in [6, 6.07) is 9.30. The van der Waals surface area contributed by atoms with Gasteiger partial charge in [-0.05, 0) is 24.1 Å². The van der Waals surface area contributed by atoms with Gasteiger partial charge >= 0.3 is 5.69 Å². The second-order valence-electron chi connectivity index (χ2n) is 5.16. The lowest BCUT2D eigenvalue weighted by atomic mass is 9.83. The Morgan fingerprint density at radius 1 is 1.13 bits per heavy atom. The van der Waals surface area contributed by atoms with Gasteiger partial charge in [0.25, 0.3) is 5.69 Å². The van der Waals surface area contributed by atoms with Crippen molar-refractivity contribution in [1.29, 1.82) is 0 Å². The Bertz CT molecular complexity index is 861. The van der Waals surface area contributed by atoms with Crippen LogP contribution in [0.15, 0.2) is 41.5 Å². The summed E-state index contributed by atoms with van der Waals surface area (Å²) in [5, 5.41) is 26.0. The molecule has 116 valence electrons. The molecule has 0 aromatic heterocycles. The standard InChI is InChI=1S/C15H12N4O4/c1-9-3-2-4-11-12(9)8-14(11)17-16-13-6-5-10(18(20)21)7-15(13)19(22)23/h2-7,16H,8H2,1H3. The summed E-state index contributed by atoms with van der Waals surface area (Å²) in [5.41, 5.74) is 6.27. The maximum atomic E-state index is 11.1. The zero-order valence-corrected chi connectivity index (χ0v) is 12.1. The van der Waals surface area contributed by atoms with Gasteiger partial charge in [0.1, 0.15) is 5.69 Å². The topological polar surface area (TPSA) is 111 Å². The van der Waals surface area contributed by atoms with Gasteiger partial charge in [-0.3, -0.25) is 25.7 Å². The van der Waals surface area contributed by atoms with E-state index in [1.54, 1.807) is 0 Å². The number of nitro benzene ring substituents is 2. The lowest BCUT2D eigenvalue weighted by molar-refractivity contribution is -0.393. The van der Waals surface area contributed by atoms with Gasteiger partial charge in [0.05, 0.1) is 21.6 Å². The van der Waals surface area contributed by atoms with Crippen molar-refractivity contribution < 1.29 is 9.85 Å². The molecule has 3 rings (SSSR count). The molecule has 0 saturated heterocycles. The van der Waals surface area contributed by atoms with Gasteiger partial charge < -0.3 is 0 Å². The van der Waals surface area contributed by atoms with E-state index in [1.807, 2.05) is 25.1 Å². The molecule has 0 unspecified atom stereocenters. The van der Waals surface area contributed by atoms with Gasteiger partial charge in [-0.25, -0.2) is 0 Å². The van der Waals surface area contributed by atoms with Crippen LogP contribution in [-0.4, -0.2) is 15.6 Å². The van der Waals surface area contributed by atoms with Crippen molar-refractivity contribution in [3.05, 3.63) is 73.3 Å².